The summed E-state index contributed by atoms with van der Waals surface area (Å²) in [6.45, 7) is 8.76. The average Bonchev–Trinajstić information content (AvgIpc) is 3.10. The maximum Gasteiger partial charge on any atom is 0.257 e. The summed E-state index contributed by atoms with van der Waals surface area (Å²) in [5, 5.41) is 0. The molecule has 1 amide bonds. The van der Waals surface area contributed by atoms with Gasteiger partial charge in [-0.25, -0.2) is 0 Å². The largest absolute Gasteiger partial charge is 0.472 e. The first-order valence-electron chi connectivity index (χ1n) is 7.23. The van der Waals surface area contributed by atoms with Gasteiger partial charge < -0.3 is 9.32 Å². The Labute approximate surface area is 129 Å². The lowest BCUT2D eigenvalue weighted by Crippen LogP contribution is -2.48. The van der Waals surface area contributed by atoms with Crippen molar-refractivity contribution in [2.45, 2.75) is 20.4 Å². The lowest BCUT2D eigenvalue weighted by molar-refractivity contribution is 0.0627. The summed E-state index contributed by atoms with van der Waals surface area (Å²) < 4.78 is 4.99. The van der Waals surface area contributed by atoms with Crippen LogP contribution in [0.5, 0.6) is 0 Å². The van der Waals surface area contributed by atoms with Crippen molar-refractivity contribution < 1.29 is 9.21 Å². The van der Waals surface area contributed by atoms with Crippen molar-refractivity contribution in [2.75, 3.05) is 26.2 Å². The molecule has 0 N–H and O–H groups in total. The standard InChI is InChI=1S/C16H20N2O2S/c1-12-9-15(13(2)21-12)10-17-4-6-18(7-5-17)16(19)14-3-8-20-11-14/h3,8-9,11H,4-7,10H2,1-2H3. The molecule has 0 aromatic carbocycles. The number of hydrogen-bond acceptors (Lipinski definition) is 4. The Hall–Kier alpha value is -1.59. The first-order chi connectivity index (χ1) is 10.1. The predicted octanol–water partition coefficient (Wildman–Crippen LogP) is 2.92. The lowest BCUT2D eigenvalue weighted by Gasteiger charge is -2.34. The highest BCUT2D eigenvalue weighted by Gasteiger charge is 2.23. The summed E-state index contributed by atoms with van der Waals surface area (Å²) in [6.07, 6.45) is 3.07. The van der Waals surface area contributed by atoms with Crippen LogP contribution in [0.25, 0.3) is 0 Å². The van der Waals surface area contributed by atoms with E-state index in [-0.39, 0.29) is 5.91 Å². The van der Waals surface area contributed by atoms with E-state index >= 15 is 0 Å². The van der Waals surface area contributed by atoms with Gasteiger partial charge in [0.15, 0.2) is 0 Å². The Kier molecular flexibility index (Phi) is 4.12. The first-order valence-corrected chi connectivity index (χ1v) is 8.05. The molecule has 1 aliphatic rings. The number of carbonyl (C=O) groups is 1. The third-order valence-corrected chi connectivity index (χ3v) is 4.97. The zero-order valence-corrected chi connectivity index (χ0v) is 13.3. The van der Waals surface area contributed by atoms with E-state index in [1.54, 1.807) is 12.3 Å². The van der Waals surface area contributed by atoms with E-state index in [1.165, 1.54) is 21.6 Å². The normalized spacial score (nSPS) is 16.4. The van der Waals surface area contributed by atoms with Crippen LogP contribution in [0.1, 0.15) is 25.7 Å². The topological polar surface area (TPSA) is 36.7 Å². The van der Waals surface area contributed by atoms with E-state index in [1.807, 2.05) is 16.2 Å². The lowest BCUT2D eigenvalue weighted by atomic mass is 10.2. The highest BCUT2D eigenvalue weighted by atomic mass is 32.1. The molecule has 0 bridgehead atoms. The minimum Gasteiger partial charge on any atom is -0.472 e. The third kappa shape index (κ3) is 3.19. The molecular weight excluding hydrogens is 284 g/mol. The van der Waals surface area contributed by atoms with Crippen molar-refractivity contribution in [2.24, 2.45) is 0 Å². The van der Waals surface area contributed by atoms with Gasteiger partial charge in [0.2, 0.25) is 0 Å². The molecule has 3 heterocycles. The van der Waals surface area contributed by atoms with Crippen LogP contribution >= 0.6 is 11.3 Å². The molecule has 0 radical (unpaired) electrons. The molecule has 112 valence electrons. The van der Waals surface area contributed by atoms with Crippen LogP contribution in [0.4, 0.5) is 0 Å². The number of carbonyl (C=O) groups excluding carboxylic acids is 1. The molecule has 0 aliphatic carbocycles. The van der Waals surface area contributed by atoms with Crippen molar-refractivity contribution in [3.8, 4) is 0 Å². The van der Waals surface area contributed by atoms with Crippen LogP contribution in [-0.2, 0) is 6.54 Å². The van der Waals surface area contributed by atoms with Crippen LogP contribution in [0, 0.1) is 13.8 Å². The second-order valence-corrected chi connectivity index (χ2v) is 6.98. The molecule has 0 saturated carbocycles. The van der Waals surface area contributed by atoms with Gasteiger partial charge in [0.1, 0.15) is 6.26 Å². The SMILES string of the molecule is Cc1cc(CN2CCN(C(=O)c3ccoc3)CC2)c(C)s1. The van der Waals surface area contributed by atoms with E-state index in [4.69, 9.17) is 4.42 Å². The highest BCUT2D eigenvalue weighted by Crippen LogP contribution is 2.22. The van der Waals surface area contributed by atoms with E-state index < -0.39 is 0 Å². The van der Waals surface area contributed by atoms with Crippen LogP contribution in [0.2, 0.25) is 0 Å². The fourth-order valence-electron chi connectivity index (χ4n) is 2.76. The molecule has 3 rings (SSSR count). The van der Waals surface area contributed by atoms with Gasteiger partial charge in [-0.1, -0.05) is 0 Å². The Morgan fingerprint density at radius 3 is 2.62 bits per heavy atom. The highest BCUT2D eigenvalue weighted by molar-refractivity contribution is 7.12. The summed E-state index contributed by atoms with van der Waals surface area (Å²) in [5.41, 5.74) is 2.07. The molecule has 21 heavy (non-hydrogen) atoms. The second kappa shape index (κ2) is 6.03. The minimum absolute atomic E-state index is 0.0750. The van der Waals surface area contributed by atoms with Gasteiger partial charge in [-0.2, -0.15) is 0 Å². The fraction of sp³-hybridized carbons (Fsp3) is 0.438. The summed E-state index contributed by atoms with van der Waals surface area (Å²) in [6, 6.07) is 4.01. The van der Waals surface area contributed by atoms with Crippen LogP contribution < -0.4 is 0 Å². The number of piperazine rings is 1. The first kappa shape index (κ1) is 14.4. The summed E-state index contributed by atoms with van der Waals surface area (Å²) >= 11 is 1.86. The molecule has 5 heteroatoms. The van der Waals surface area contributed by atoms with Crippen molar-refractivity contribution in [3.05, 3.63) is 45.5 Å². The Morgan fingerprint density at radius 1 is 1.29 bits per heavy atom. The molecule has 1 aliphatic heterocycles. The number of furan rings is 1. The monoisotopic (exact) mass is 304 g/mol. The van der Waals surface area contributed by atoms with Crippen molar-refractivity contribution >= 4 is 17.2 Å². The van der Waals surface area contributed by atoms with E-state index in [2.05, 4.69) is 24.8 Å². The van der Waals surface area contributed by atoms with Crippen molar-refractivity contribution in [3.63, 3.8) is 0 Å². The summed E-state index contributed by atoms with van der Waals surface area (Å²) in [5.74, 6) is 0.0750. The number of nitrogens with zero attached hydrogens (tertiary/aromatic N) is 2. The zero-order valence-electron chi connectivity index (χ0n) is 12.5. The summed E-state index contributed by atoms with van der Waals surface area (Å²) in [4.78, 5) is 19.3. The quantitative estimate of drug-likeness (QED) is 0.875. The molecule has 0 spiro atoms. The second-order valence-electron chi connectivity index (χ2n) is 5.52. The number of amides is 1. The van der Waals surface area contributed by atoms with Gasteiger partial charge in [0.05, 0.1) is 11.8 Å². The number of hydrogen-bond donors (Lipinski definition) is 0. The van der Waals surface area contributed by atoms with Gasteiger partial charge in [-0.3, -0.25) is 9.69 Å². The Bertz CT molecular complexity index is 610. The van der Waals surface area contributed by atoms with Crippen LogP contribution in [0.3, 0.4) is 0 Å². The molecule has 4 nitrogen and oxygen atoms in total. The minimum atomic E-state index is 0.0750. The van der Waals surface area contributed by atoms with Crippen molar-refractivity contribution in [1.29, 1.82) is 0 Å². The Morgan fingerprint density at radius 2 is 2.05 bits per heavy atom. The molecule has 2 aromatic rings. The molecule has 2 aromatic heterocycles. The summed E-state index contributed by atoms with van der Waals surface area (Å²) in [7, 11) is 0. The maximum atomic E-state index is 12.2. The van der Waals surface area contributed by atoms with E-state index in [0.717, 1.165) is 32.7 Å². The fourth-order valence-corrected chi connectivity index (χ4v) is 3.70. The third-order valence-electron chi connectivity index (χ3n) is 3.97. The average molecular weight is 304 g/mol. The van der Waals surface area contributed by atoms with Gasteiger partial charge >= 0.3 is 0 Å². The van der Waals surface area contributed by atoms with Crippen molar-refractivity contribution in [1.82, 2.24) is 9.80 Å². The number of rotatable bonds is 3. The molecule has 0 unspecified atom stereocenters. The molecule has 0 atom stereocenters. The maximum absolute atomic E-state index is 12.2. The van der Waals surface area contributed by atoms with E-state index in [9.17, 15) is 4.79 Å². The van der Waals surface area contributed by atoms with Gasteiger partial charge in [0, 0.05) is 42.5 Å². The van der Waals surface area contributed by atoms with Gasteiger partial charge in [-0.05, 0) is 31.5 Å². The molecular formula is C16H20N2O2S. The molecule has 1 fully saturated rings. The van der Waals surface area contributed by atoms with E-state index in [0.29, 0.717) is 5.56 Å². The van der Waals surface area contributed by atoms with Crippen LogP contribution in [0.15, 0.2) is 29.1 Å². The molecule has 1 saturated heterocycles. The number of aryl methyl sites for hydroxylation is 2. The predicted molar refractivity (Wildman–Crippen MR) is 83.7 cm³/mol. The zero-order chi connectivity index (χ0) is 14.8. The van der Waals surface area contributed by atoms with Gasteiger partial charge in [0.25, 0.3) is 5.91 Å². The Balaban J connectivity index is 1.56. The smallest absolute Gasteiger partial charge is 0.257 e. The number of thiophene rings is 1. The van der Waals surface area contributed by atoms with Crippen LogP contribution in [-0.4, -0.2) is 41.9 Å². The van der Waals surface area contributed by atoms with Gasteiger partial charge in [-0.15, -0.1) is 11.3 Å².